The highest BCUT2D eigenvalue weighted by Crippen LogP contribution is 2.23. The summed E-state index contributed by atoms with van der Waals surface area (Å²) in [6, 6.07) is 11.4. The van der Waals surface area contributed by atoms with Gasteiger partial charge in [-0.3, -0.25) is 14.3 Å². The van der Waals surface area contributed by atoms with Crippen molar-refractivity contribution in [3.05, 3.63) is 63.1 Å². The van der Waals surface area contributed by atoms with E-state index in [2.05, 4.69) is 20.9 Å². The number of pyridine rings is 1. The summed E-state index contributed by atoms with van der Waals surface area (Å²) in [5, 5.41) is 5.35. The van der Waals surface area contributed by atoms with E-state index in [4.69, 9.17) is 5.10 Å². The minimum atomic E-state index is -0.0302. The monoisotopic (exact) mass is 368 g/mol. The van der Waals surface area contributed by atoms with Crippen molar-refractivity contribution >= 4 is 32.5 Å². The van der Waals surface area contributed by atoms with Crippen LogP contribution in [0.2, 0.25) is 0 Å². The Morgan fingerprint density at radius 3 is 2.74 bits per heavy atom. The lowest BCUT2D eigenvalue weighted by molar-refractivity contribution is 0.850. The van der Waals surface area contributed by atoms with E-state index in [9.17, 15) is 4.79 Å². The van der Waals surface area contributed by atoms with Gasteiger partial charge in [0.25, 0.3) is 5.56 Å². The van der Waals surface area contributed by atoms with Gasteiger partial charge < -0.3 is 0 Å². The van der Waals surface area contributed by atoms with Gasteiger partial charge in [0.2, 0.25) is 0 Å². The molecule has 4 aromatic rings. The number of halogens is 1. The number of hydrogen-bond acceptors (Lipinski definition) is 3. The van der Waals surface area contributed by atoms with Crippen LogP contribution in [0.4, 0.5) is 0 Å². The van der Waals surface area contributed by atoms with Gasteiger partial charge in [0.1, 0.15) is 5.65 Å². The Morgan fingerprint density at radius 1 is 1.13 bits per heavy atom. The molecule has 0 N–H and O–H groups in total. The second kappa shape index (κ2) is 5.03. The average Bonchev–Trinajstić information content (AvgIpc) is 2.98. The lowest BCUT2D eigenvalue weighted by atomic mass is 10.2. The summed E-state index contributed by atoms with van der Waals surface area (Å²) >= 11 is 3.46. The van der Waals surface area contributed by atoms with Gasteiger partial charge in [-0.1, -0.05) is 15.9 Å². The minimum Gasteiger partial charge on any atom is -0.296 e. The van der Waals surface area contributed by atoms with Gasteiger partial charge in [-0.15, -0.1) is 0 Å². The van der Waals surface area contributed by atoms with Crippen LogP contribution in [-0.2, 0) is 7.05 Å². The van der Waals surface area contributed by atoms with Gasteiger partial charge in [0.05, 0.1) is 16.6 Å². The first kappa shape index (κ1) is 14.1. The molecule has 0 bridgehead atoms. The molecule has 0 saturated carbocycles. The summed E-state index contributed by atoms with van der Waals surface area (Å²) in [7, 11) is 1.77. The van der Waals surface area contributed by atoms with Crippen molar-refractivity contribution in [2.45, 2.75) is 6.92 Å². The van der Waals surface area contributed by atoms with E-state index in [1.807, 2.05) is 47.8 Å². The van der Waals surface area contributed by atoms with Crippen molar-refractivity contribution in [2.75, 3.05) is 0 Å². The molecule has 0 radical (unpaired) electrons. The van der Waals surface area contributed by atoms with E-state index < -0.39 is 0 Å². The summed E-state index contributed by atoms with van der Waals surface area (Å²) in [5.41, 5.74) is 4.24. The predicted molar refractivity (Wildman–Crippen MR) is 93.6 cm³/mol. The topological polar surface area (TPSA) is 52.2 Å². The highest BCUT2D eigenvalue weighted by atomic mass is 79.9. The average molecular weight is 369 g/mol. The maximum absolute atomic E-state index is 12.5. The summed E-state index contributed by atoms with van der Waals surface area (Å²) in [6.45, 7) is 1.95. The second-order valence-electron chi connectivity index (χ2n) is 5.51. The molecule has 0 saturated heterocycles. The Bertz CT molecular complexity index is 1130. The van der Waals surface area contributed by atoms with Crippen molar-refractivity contribution < 1.29 is 0 Å². The van der Waals surface area contributed by atoms with Gasteiger partial charge in [-0.05, 0) is 37.3 Å². The first-order valence-electron chi connectivity index (χ1n) is 7.15. The Hall–Kier alpha value is -2.47. The molecular weight excluding hydrogens is 356 g/mol. The first-order valence-corrected chi connectivity index (χ1v) is 7.95. The highest BCUT2D eigenvalue weighted by Gasteiger charge is 2.13. The molecule has 0 atom stereocenters. The molecule has 0 aliphatic heterocycles. The zero-order chi connectivity index (χ0) is 16.1. The van der Waals surface area contributed by atoms with E-state index in [-0.39, 0.29) is 5.56 Å². The van der Waals surface area contributed by atoms with Crippen LogP contribution in [-0.4, -0.2) is 19.2 Å². The maximum Gasteiger partial charge on any atom is 0.261 e. The summed E-state index contributed by atoms with van der Waals surface area (Å²) in [5.74, 6) is 0. The van der Waals surface area contributed by atoms with Crippen LogP contribution in [0.3, 0.4) is 0 Å². The molecule has 1 aromatic carbocycles. The summed E-state index contributed by atoms with van der Waals surface area (Å²) < 4.78 is 4.35. The summed E-state index contributed by atoms with van der Waals surface area (Å²) in [6.07, 6.45) is 1.77. The lowest BCUT2D eigenvalue weighted by Gasteiger charge is -2.06. The quantitative estimate of drug-likeness (QED) is 0.517. The smallest absolute Gasteiger partial charge is 0.261 e. The normalized spacial score (nSPS) is 11.4. The Labute approximate surface area is 140 Å². The van der Waals surface area contributed by atoms with Crippen LogP contribution >= 0.6 is 15.9 Å². The molecule has 6 heteroatoms. The van der Waals surface area contributed by atoms with Gasteiger partial charge in [-0.25, -0.2) is 4.52 Å². The van der Waals surface area contributed by atoms with Crippen LogP contribution in [0.1, 0.15) is 5.69 Å². The zero-order valence-corrected chi connectivity index (χ0v) is 14.2. The third-order valence-electron chi connectivity index (χ3n) is 3.95. The number of benzene rings is 1. The van der Waals surface area contributed by atoms with Crippen LogP contribution in [0.25, 0.3) is 27.8 Å². The molecule has 0 aliphatic rings. The van der Waals surface area contributed by atoms with E-state index >= 15 is 0 Å². The van der Waals surface area contributed by atoms with Gasteiger partial charge in [0, 0.05) is 35.0 Å². The van der Waals surface area contributed by atoms with E-state index in [0.717, 1.165) is 32.6 Å². The molecule has 0 unspecified atom stereocenters. The van der Waals surface area contributed by atoms with Crippen LogP contribution in [0.5, 0.6) is 0 Å². The number of aromatic nitrogens is 4. The third kappa shape index (κ3) is 2.17. The molecule has 5 nitrogen and oxygen atoms in total. The van der Waals surface area contributed by atoms with Crippen LogP contribution in [0.15, 0.2) is 51.9 Å². The Morgan fingerprint density at radius 2 is 1.96 bits per heavy atom. The number of aryl methyl sites for hydroxylation is 2. The molecular formula is C17H13BrN4O. The minimum absolute atomic E-state index is 0.0302. The number of rotatable bonds is 1. The maximum atomic E-state index is 12.5. The fourth-order valence-electron chi connectivity index (χ4n) is 2.78. The second-order valence-corrected chi connectivity index (χ2v) is 6.43. The van der Waals surface area contributed by atoms with Crippen LogP contribution < -0.4 is 5.56 Å². The fourth-order valence-corrected chi connectivity index (χ4v) is 3.13. The Kier molecular flexibility index (Phi) is 3.09. The zero-order valence-electron chi connectivity index (χ0n) is 12.6. The van der Waals surface area contributed by atoms with Crippen molar-refractivity contribution in [3.63, 3.8) is 0 Å². The largest absolute Gasteiger partial charge is 0.296 e. The third-order valence-corrected chi connectivity index (χ3v) is 4.44. The molecule has 0 amide bonds. The molecule has 0 aliphatic carbocycles. The molecule has 0 fully saturated rings. The van der Waals surface area contributed by atoms with Crippen molar-refractivity contribution in [3.8, 4) is 11.3 Å². The fraction of sp³-hybridized carbons (Fsp3) is 0.118. The Balaban J connectivity index is 2.12. The predicted octanol–water partition coefficient (Wildman–Crippen LogP) is 3.32. The molecule has 4 rings (SSSR count). The van der Waals surface area contributed by atoms with Gasteiger partial charge in [-0.2, -0.15) is 5.10 Å². The van der Waals surface area contributed by atoms with Crippen molar-refractivity contribution in [2.24, 2.45) is 7.05 Å². The molecule has 114 valence electrons. The van der Waals surface area contributed by atoms with E-state index in [0.29, 0.717) is 5.39 Å². The van der Waals surface area contributed by atoms with Crippen molar-refractivity contribution in [1.29, 1.82) is 0 Å². The number of hydrogen-bond donors (Lipinski definition) is 0. The lowest BCUT2D eigenvalue weighted by Crippen LogP contribution is -2.19. The molecule has 0 spiro atoms. The molecule has 3 heterocycles. The SMILES string of the molecule is Cc1cc(-c2cc3n(C)c(=O)c4ccc(Br)cc4n3n2)ccn1. The van der Waals surface area contributed by atoms with Gasteiger partial charge >= 0.3 is 0 Å². The van der Waals surface area contributed by atoms with E-state index in [1.165, 1.54) is 0 Å². The van der Waals surface area contributed by atoms with Gasteiger partial charge in [0.15, 0.2) is 0 Å². The summed E-state index contributed by atoms with van der Waals surface area (Å²) in [4.78, 5) is 16.8. The van der Waals surface area contributed by atoms with E-state index in [1.54, 1.807) is 17.8 Å². The van der Waals surface area contributed by atoms with Crippen LogP contribution in [0, 0.1) is 6.92 Å². The number of nitrogens with zero attached hydrogens (tertiary/aromatic N) is 4. The highest BCUT2D eigenvalue weighted by molar-refractivity contribution is 9.10. The standard InChI is InChI=1S/C17H13BrN4O/c1-10-7-11(5-6-19-10)14-9-16-21(2)17(23)13-4-3-12(18)8-15(13)22(16)20-14/h3-9H,1-2H3. The molecule has 23 heavy (non-hydrogen) atoms. The first-order chi connectivity index (χ1) is 11.0. The molecule has 3 aromatic heterocycles. The van der Waals surface area contributed by atoms with Crippen molar-refractivity contribution in [1.82, 2.24) is 19.2 Å². The number of fused-ring (bicyclic) bond motifs is 3.